The van der Waals surface area contributed by atoms with Gasteiger partial charge in [0.2, 0.25) is 0 Å². The molecule has 0 amide bonds. The second kappa shape index (κ2) is 6.60. The zero-order valence-corrected chi connectivity index (χ0v) is 14.9. The fraction of sp³-hybridized carbons (Fsp3) is 0.235. The number of benzene rings is 1. The lowest BCUT2D eigenvalue weighted by molar-refractivity contribution is 0.0528. The van der Waals surface area contributed by atoms with E-state index >= 15 is 0 Å². The first-order chi connectivity index (χ1) is 11.5. The average Bonchev–Trinajstić information content (AvgIpc) is 2.97. The van der Waals surface area contributed by atoms with Gasteiger partial charge in [0.15, 0.2) is 5.65 Å². The Balaban J connectivity index is 2.06. The van der Waals surface area contributed by atoms with E-state index in [9.17, 15) is 9.59 Å². The second-order valence-electron chi connectivity index (χ2n) is 5.35. The van der Waals surface area contributed by atoms with Crippen molar-refractivity contribution in [2.75, 3.05) is 6.61 Å². The fourth-order valence-corrected chi connectivity index (χ4v) is 2.79. The molecule has 1 N–H and O–H groups in total. The van der Waals surface area contributed by atoms with Crippen molar-refractivity contribution >= 4 is 27.5 Å². The van der Waals surface area contributed by atoms with Gasteiger partial charge in [0.05, 0.1) is 6.61 Å². The minimum Gasteiger partial charge on any atom is -0.462 e. The molecular formula is C17H16BrN3O3. The van der Waals surface area contributed by atoms with Gasteiger partial charge < -0.3 is 4.74 Å². The molecule has 3 rings (SSSR count). The number of esters is 1. The first kappa shape index (κ1) is 16.4. The summed E-state index contributed by atoms with van der Waals surface area (Å²) >= 11 is 3.39. The summed E-state index contributed by atoms with van der Waals surface area (Å²) in [4.78, 5) is 29.1. The Labute approximate surface area is 146 Å². The fourth-order valence-electron chi connectivity index (χ4n) is 2.53. The molecule has 0 fully saturated rings. The Morgan fingerprint density at radius 1 is 1.33 bits per heavy atom. The van der Waals surface area contributed by atoms with Crippen LogP contribution in [-0.4, -0.2) is 27.2 Å². The van der Waals surface area contributed by atoms with Crippen molar-refractivity contribution in [3.63, 3.8) is 0 Å². The van der Waals surface area contributed by atoms with Crippen LogP contribution in [0.1, 0.15) is 34.1 Å². The Bertz CT molecular complexity index is 958. The van der Waals surface area contributed by atoms with E-state index in [1.54, 1.807) is 13.8 Å². The number of fused-ring (bicyclic) bond motifs is 1. The summed E-state index contributed by atoms with van der Waals surface area (Å²) in [5.74, 6) is -0.497. The number of carbonyl (C=O) groups is 1. The molecule has 2 aromatic heterocycles. The van der Waals surface area contributed by atoms with E-state index < -0.39 is 5.97 Å². The Morgan fingerprint density at radius 2 is 2.04 bits per heavy atom. The van der Waals surface area contributed by atoms with Crippen LogP contribution in [0.25, 0.3) is 5.65 Å². The molecule has 124 valence electrons. The number of ether oxygens (including phenoxy) is 1. The van der Waals surface area contributed by atoms with E-state index in [4.69, 9.17) is 4.74 Å². The van der Waals surface area contributed by atoms with Gasteiger partial charge in [-0.3, -0.25) is 9.89 Å². The minimum atomic E-state index is -0.497. The molecule has 0 spiro atoms. The van der Waals surface area contributed by atoms with Crippen molar-refractivity contribution in [1.29, 1.82) is 0 Å². The monoisotopic (exact) mass is 389 g/mol. The van der Waals surface area contributed by atoms with Gasteiger partial charge in [0.1, 0.15) is 5.56 Å². The Kier molecular flexibility index (Phi) is 4.53. The predicted molar refractivity (Wildman–Crippen MR) is 93.5 cm³/mol. The van der Waals surface area contributed by atoms with Crippen molar-refractivity contribution in [3.8, 4) is 0 Å². The number of H-pyrrole nitrogens is 1. The molecule has 6 nitrogen and oxygen atoms in total. The summed E-state index contributed by atoms with van der Waals surface area (Å²) in [7, 11) is 0. The van der Waals surface area contributed by atoms with E-state index in [-0.39, 0.29) is 23.4 Å². The maximum atomic E-state index is 12.7. The number of hydrogen-bond acceptors (Lipinski definition) is 4. The molecule has 0 atom stereocenters. The van der Waals surface area contributed by atoms with Crippen LogP contribution >= 0.6 is 15.9 Å². The molecule has 0 saturated heterocycles. The molecule has 24 heavy (non-hydrogen) atoms. The SMILES string of the molecule is CCOC(=O)c1c[nH]n2c(=O)c(Cc3ccc(Br)cc3)c(C)nc12. The Morgan fingerprint density at radius 3 is 2.71 bits per heavy atom. The number of nitrogens with one attached hydrogen (secondary N) is 1. The third kappa shape index (κ3) is 2.99. The van der Waals surface area contributed by atoms with Crippen LogP contribution < -0.4 is 5.56 Å². The predicted octanol–water partition coefficient (Wildman–Crippen LogP) is 2.86. The number of hydrogen-bond donors (Lipinski definition) is 1. The van der Waals surface area contributed by atoms with Crippen LogP contribution in [0.2, 0.25) is 0 Å². The van der Waals surface area contributed by atoms with E-state index in [1.807, 2.05) is 24.3 Å². The number of aromatic amines is 1. The summed E-state index contributed by atoms with van der Waals surface area (Å²) in [5.41, 5.74) is 2.54. The molecule has 0 unspecified atom stereocenters. The quantitative estimate of drug-likeness (QED) is 0.696. The van der Waals surface area contributed by atoms with Crippen molar-refractivity contribution in [3.05, 3.63) is 67.7 Å². The standard InChI is InChI=1S/C17H16BrN3O3/c1-3-24-17(23)14-9-19-21-15(14)20-10(2)13(16(21)22)8-11-4-6-12(18)7-5-11/h4-7,9,19H,3,8H2,1-2H3. The van der Waals surface area contributed by atoms with E-state index in [2.05, 4.69) is 26.0 Å². The molecule has 0 bridgehead atoms. The molecule has 7 heteroatoms. The highest BCUT2D eigenvalue weighted by Crippen LogP contribution is 2.15. The number of nitrogens with zero attached hydrogens (tertiary/aromatic N) is 2. The highest BCUT2D eigenvalue weighted by molar-refractivity contribution is 9.10. The van der Waals surface area contributed by atoms with E-state index in [0.29, 0.717) is 17.7 Å². The topological polar surface area (TPSA) is 76.5 Å². The van der Waals surface area contributed by atoms with Gasteiger partial charge in [-0.05, 0) is 31.5 Å². The van der Waals surface area contributed by atoms with Crippen molar-refractivity contribution in [1.82, 2.24) is 14.6 Å². The maximum absolute atomic E-state index is 12.7. The van der Waals surface area contributed by atoms with E-state index in [0.717, 1.165) is 10.0 Å². The molecular weight excluding hydrogens is 374 g/mol. The van der Waals surface area contributed by atoms with Crippen LogP contribution in [0.3, 0.4) is 0 Å². The minimum absolute atomic E-state index is 0.212. The third-order valence-corrected chi connectivity index (χ3v) is 4.28. The van der Waals surface area contributed by atoms with Gasteiger partial charge in [-0.1, -0.05) is 28.1 Å². The largest absolute Gasteiger partial charge is 0.462 e. The van der Waals surface area contributed by atoms with Crippen LogP contribution in [0.5, 0.6) is 0 Å². The van der Waals surface area contributed by atoms with E-state index in [1.165, 1.54) is 10.7 Å². The van der Waals surface area contributed by atoms with Gasteiger partial charge in [-0.15, -0.1) is 0 Å². The molecule has 0 radical (unpaired) electrons. The first-order valence-corrected chi connectivity index (χ1v) is 8.31. The zero-order chi connectivity index (χ0) is 17.3. The molecule has 0 aliphatic rings. The maximum Gasteiger partial charge on any atom is 0.343 e. The normalized spacial score (nSPS) is 11.0. The summed E-state index contributed by atoms with van der Waals surface area (Å²) in [6.45, 7) is 3.77. The molecule has 1 aromatic carbocycles. The summed E-state index contributed by atoms with van der Waals surface area (Å²) < 4.78 is 7.26. The molecule has 0 aliphatic carbocycles. The second-order valence-corrected chi connectivity index (χ2v) is 6.27. The molecule has 0 saturated carbocycles. The number of aromatic nitrogens is 3. The molecule has 3 aromatic rings. The number of aryl methyl sites for hydroxylation is 1. The lowest BCUT2D eigenvalue weighted by Gasteiger charge is -2.07. The van der Waals surface area contributed by atoms with Crippen molar-refractivity contribution < 1.29 is 9.53 Å². The molecule has 2 heterocycles. The van der Waals surface area contributed by atoms with Gasteiger partial charge in [0, 0.05) is 28.3 Å². The van der Waals surface area contributed by atoms with Crippen LogP contribution in [0, 0.1) is 6.92 Å². The van der Waals surface area contributed by atoms with Crippen molar-refractivity contribution in [2.45, 2.75) is 20.3 Å². The Hall–Kier alpha value is -2.41. The average molecular weight is 390 g/mol. The van der Waals surface area contributed by atoms with Gasteiger partial charge in [-0.2, -0.15) is 0 Å². The first-order valence-electron chi connectivity index (χ1n) is 7.52. The smallest absolute Gasteiger partial charge is 0.343 e. The number of rotatable bonds is 4. The van der Waals surface area contributed by atoms with Crippen molar-refractivity contribution in [2.24, 2.45) is 0 Å². The number of halogens is 1. The highest BCUT2D eigenvalue weighted by Gasteiger charge is 2.18. The van der Waals surface area contributed by atoms with Gasteiger partial charge in [0.25, 0.3) is 5.56 Å². The van der Waals surface area contributed by atoms with Crippen LogP contribution in [0.15, 0.2) is 39.7 Å². The highest BCUT2D eigenvalue weighted by atomic mass is 79.9. The lowest BCUT2D eigenvalue weighted by Crippen LogP contribution is -2.22. The third-order valence-electron chi connectivity index (χ3n) is 3.75. The summed E-state index contributed by atoms with van der Waals surface area (Å²) in [6, 6.07) is 7.77. The summed E-state index contributed by atoms with van der Waals surface area (Å²) in [5, 5.41) is 2.79. The zero-order valence-electron chi connectivity index (χ0n) is 13.3. The van der Waals surface area contributed by atoms with Gasteiger partial charge >= 0.3 is 5.97 Å². The van der Waals surface area contributed by atoms with Crippen LogP contribution in [-0.2, 0) is 11.2 Å². The van der Waals surface area contributed by atoms with Crippen LogP contribution in [0.4, 0.5) is 0 Å². The summed E-state index contributed by atoms with van der Waals surface area (Å²) in [6.07, 6.45) is 1.92. The number of carbonyl (C=O) groups excluding carboxylic acids is 1. The lowest BCUT2D eigenvalue weighted by atomic mass is 10.1. The van der Waals surface area contributed by atoms with Gasteiger partial charge in [-0.25, -0.2) is 14.3 Å². The molecule has 0 aliphatic heterocycles.